The van der Waals surface area contributed by atoms with Gasteiger partial charge in [0.05, 0.1) is 17.2 Å². The van der Waals surface area contributed by atoms with Crippen LogP contribution in [0.1, 0.15) is 35.2 Å². The van der Waals surface area contributed by atoms with E-state index in [0.717, 1.165) is 25.0 Å². The van der Waals surface area contributed by atoms with Crippen molar-refractivity contribution in [3.63, 3.8) is 0 Å². The molecule has 0 radical (unpaired) electrons. The minimum absolute atomic E-state index is 0.0130. The van der Waals surface area contributed by atoms with Crippen LogP contribution in [0.25, 0.3) is 0 Å². The molecule has 1 aromatic carbocycles. The number of rotatable bonds is 3. The molecule has 2 aromatic rings. The van der Waals surface area contributed by atoms with Crippen LogP contribution < -0.4 is 0 Å². The van der Waals surface area contributed by atoms with Gasteiger partial charge in [0.15, 0.2) is 11.6 Å². The third-order valence-corrected chi connectivity index (χ3v) is 5.59. The summed E-state index contributed by atoms with van der Waals surface area (Å²) in [6.07, 6.45) is 5.03. The summed E-state index contributed by atoms with van der Waals surface area (Å²) < 4.78 is 31.6. The molecule has 0 unspecified atom stereocenters. The van der Waals surface area contributed by atoms with Gasteiger partial charge in [-0.25, -0.2) is 8.78 Å². The maximum absolute atomic E-state index is 13.5. The standard InChI is InChI=1S/C20H20F2N2O3/c21-16-3-2-14(10-17(16)22)11-23-7-1-5-20(19(23)26)6-8-24(13-20)18(25)15-4-9-27-12-15/h2-4,9-10,12H,1,5-8,11,13H2/t20-/m1/s1. The first-order chi connectivity index (χ1) is 13.0. The van der Waals surface area contributed by atoms with E-state index >= 15 is 0 Å². The molecule has 0 aliphatic carbocycles. The van der Waals surface area contributed by atoms with Crippen LogP contribution in [0.3, 0.4) is 0 Å². The molecule has 0 saturated carbocycles. The lowest BCUT2D eigenvalue weighted by Crippen LogP contribution is -2.50. The first-order valence-electron chi connectivity index (χ1n) is 9.03. The monoisotopic (exact) mass is 374 g/mol. The van der Waals surface area contributed by atoms with Crippen molar-refractivity contribution in [1.82, 2.24) is 9.80 Å². The molecule has 27 heavy (non-hydrogen) atoms. The molecule has 2 aliphatic rings. The zero-order valence-corrected chi connectivity index (χ0v) is 14.8. The molecule has 4 rings (SSSR count). The first kappa shape index (κ1) is 17.7. The van der Waals surface area contributed by atoms with Crippen LogP contribution in [0, 0.1) is 17.0 Å². The highest BCUT2D eigenvalue weighted by molar-refractivity contribution is 5.95. The Balaban J connectivity index is 1.48. The molecular formula is C20H20F2N2O3. The van der Waals surface area contributed by atoms with Crippen molar-refractivity contribution in [3.05, 3.63) is 59.6 Å². The van der Waals surface area contributed by atoms with Gasteiger partial charge in [0.1, 0.15) is 6.26 Å². The lowest BCUT2D eigenvalue weighted by atomic mass is 9.78. The van der Waals surface area contributed by atoms with Crippen molar-refractivity contribution in [2.45, 2.75) is 25.8 Å². The Morgan fingerprint density at radius 3 is 2.74 bits per heavy atom. The van der Waals surface area contributed by atoms with Gasteiger partial charge in [0.2, 0.25) is 5.91 Å². The lowest BCUT2D eigenvalue weighted by Gasteiger charge is -2.39. The van der Waals surface area contributed by atoms with Crippen molar-refractivity contribution in [2.75, 3.05) is 19.6 Å². The molecular weight excluding hydrogens is 354 g/mol. The van der Waals surface area contributed by atoms with Gasteiger partial charge < -0.3 is 14.2 Å². The summed E-state index contributed by atoms with van der Waals surface area (Å²) in [6, 6.07) is 5.32. The van der Waals surface area contributed by atoms with E-state index in [1.54, 1.807) is 15.9 Å². The quantitative estimate of drug-likeness (QED) is 0.829. The van der Waals surface area contributed by atoms with Crippen LogP contribution in [-0.2, 0) is 11.3 Å². The highest BCUT2D eigenvalue weighted by Crippen LogP contribution is 2.41. The molecule has 7 heteroatoms. The summed E-state index contributed by atoms with van der Waals surface area (Å²) in [5.74, 6) is -1.96. The number of furan rings is 1. The lowest BCUT2D eigenvalue weighted by molar-refractivity contribution is -0.146. The maximum atomic E-state index is 13.5. The third-order valence-electron chi connectivity index (χ3n) is 5.59. The van der Waals surface area contributed by atoms with Crippen LogP contribution in [-0.4, -0.2) is 41.2 Å². The second-order valence-electron chi connectivity index (χ2n) is 7.35. The van der Waals surface area contributed by atoms with Crippen LogP contribution in [0.2, 0.25) is 0 Å². The normalized spacial score (nSPS) is 22.7. The number of hydrogen-bond acceptors (Lipinski definition) is 3. The van der Waals surface area contributed by atoms with E-state index < -0.39 is 17.0 Å². The van der Waals surface area contributed by atoms with E-state index in [1.807, 2.05) is 0 Å². The average Bonchev–Trinajstić information content (AvgIpc) is 3.33. The average molecular weight is 374 g/mol. The van der Waals surface area contributed by atoms with Gasteiger partial charge in [0.25, 0.3) is 5.91 Å². The summed E-state index contributed by atoms with van der Waals surface area (Å²) in [5, 5.41) is 0. The van der Waals surface area contributed by atoms with Crippen LogP contribution in [0.4, 0.5) is 8.78 Å². The number of carbonyl (C=O) groups is 2. The van der Waals surface area contributed by atoms with Crippen LogP contribution in [0.15, 0.2) is 41.2 Å². The molecule has 3 heterocycles. The zero-order valence-electron chi connectivity index (χ0n) is 14.8. The Hall–Kier alpha value is -2.70. The summed E-state index contributed by atoms with van der Waals surface area (Å²) >= 11 is 0. The van der Waals surface area contributed by atoms with Gasteiger partial charge in [-0.05, 0) is 43.0 Å². The van der Waals surface area contributed by atoms with E-state index in [1.165, 1.54) is 18.6 Å². The van der Waals surface area contributed by atoms with Gasteiger partial charge in [-0.15, -0.1) is 0 Å². The van der Waals surface area contributed by atoms with E-state index in [0.29, 0.717) is 37.2 Å². The summed E-state index contributed by atoms with van der Waals surface area (Å²) in [5.41, 5.74) is 0.452. The number of piperidine rings is 1. The number of nitrogens with zero attached hydrogens (tertiary/aromatic N) is 2. The number of benzene rings is 1. The fourth-order valence-corrected chi connectivity index (χ4v) is 4.15. The molecule has 5 nitrogen and oxygen atoms in total. The predicted octanol–water partition coefficient (Wildman–Crippen LogP) is 3.21. The fraction of sp³-hybridized carbons (Fsp3) is 0.400. The highest BCUT2D eigenvalue weighted by atomic mass is 19.2. The van der Waals surface area contributed by atoms with E-state index in [9.17, 15) is 18.4 Å². The second kappa shape index (κ2) is 6.79. The molecule has 142 valence electrons. The molecule has 0 bridgehead atoms. The van der Waals surface area contributed by atoms with E-state index in [-0.39, 0.29) is 18.4 Å². The van der Waals surface area contributed by atoms with Crippen LogP contribution in [0.5, 0.6) is 0 Å². The SMILES string of the molecule is O=C(c1ccoc1)N1CC[C@]2(CCCN(Cc3ccc(F)c(F)c3)C2=O)C1. The van der Waals surface area contributed by atoms with Gasteiger partial charge in [-0.2, -0.15) is 0 Å². The molecule has 2 saturated heterocycles. The Bertz CT molecular complexity index is 868. The molecule has 2 aliphatic heterocycles. The number of hydrogen-bond donors (Lipinski definition) is 0. The molecule has 1 aromatic heterocycles. The predicted molar refractivity (Wildman–Crippen MR) is 92.7 cm³/mol. The van der Waals surface area contributed by atoms with Crippen molar-refractivity contribution in [3.8, 4) is 0 Å². The molecule has 0 N–H and O–H groups in total. The van der Waals surface area contributed by atoms with Gasteiger partial charge in [-0.3, -0.25) is 9.59 Å². The first-order valence-corrected chi connectivity index (χ1v) is 9.03. The maximum Gasteiger partial charge on any atom is 0.257 e. The van der Waals surface area contributed by atoms with Gasteiger partial charge in [0, 0.05) is 26.2 Å². The molecule has 2 amide bonds. The minimum atomic E-state index is -0.913. The van der Waals surface area contributed by atoms with Gasteiger partial charge in [-0.1, -0.05) is 6.07 Å². The third kappa shape index (κ3) is 3.22. The van der Waals surface area contributed by atoms with Crippen molar-refractivity contribution in [2.24, 2.45) is 5.41 Å². The largest absolute Gasteiger partial charge is 0.472 e. The van der Waals surface area contributed by atoms with Crippen LogP contribution >= 0.6 is 0 Å². The molecule has 1 atom stereocenters. The Labute approximate surface area is 155 Å². The van der Waals surface area contributed by atoms with E-state index in [4.69, 9.17) is 4.42 Å². The number of carbonyl (C=O) groups excluding carboxylic acids is 2. The molecule has 2 fully saturated rings. The van der Waals surface area contributed by atoms with E-state index in [2.05, 4.69) is 0 Å². The van der Waals surface area contributed by atoms with Crippen molar-refractivity contribution in [1.29, 1.82) is 0 Å². The fourth-order valence-electron chi connectivity index (χ4n) is 4.15. The number of likely N-dealkylation sites (tertiary alicyclic amines) is 2. The van der Waals surface area contributed by atoms with Crippen molar-refractivity contribution >= 4 is 11.8 Å². The zero-order chi connectivity index (χ0) is 19.0. The smallest absolute Gasteiger partial charge is 0.257 e. The summed E-state index contributed by atoms with van der Waals surface area (Å²) in [4.78, 5) is 29.1. The second-order valence-corrected chi connectivity index (χ2v) is 7.35. The Morgan fingerprint density at radius 1 is 1.15 bits per heavy atom. The Kier molecular flexibility index (Phi) is 4.45. The number of halogens is 2. The summed E-state index contributed by atoms with van der Waals surface area (Å²) in [6.45, 7) is 1.72. The minimum Gasteiger partial charge on any atom is -0.472 e. The number of amides is 2. The topological polar surface area (TPSA) is 53.8 Å². The Morgan fingerprint density at radius 2 is 2.00 bits per heavy atom. The van der Waals surface area contributed by atoms with Gasteiger partial charge >= 0.3 is 0 Å². The highest BCUT2D eigenvalue weighted by Gasteiger charge is 2.49. The molecule has 1 spiro atoms. The summed E-state index contributed by atoms with van der Waals surface area (Å²) in [7, 11) is 0. The van der Waals surface area contributed by atoms with Crippen molar-refractivity contribution < 1.29 is 22.8 Å².